The zero-order chi connectivity index (χ0) is 12.6. The van der Waals surface area contributed by atoms with Crippen molar-refractivity contribution in [1.82, 2.24) is 5.16 Å². The van der Waals surface area contributed by atoms with E-state index in [9.17, 15) is 8.78 Å². The van der Waals surface area contributed by atoms with Crippen LogP contribution in [0.2, 0.25) is 0 Å². The first kappa shape index (κ1) is 11.6. The maximum atomic E-state index is 13.4. The van der Waals surface area contributed by atoms with Crippen molar-refractivity contribution in [2.45, 2.75) is 19.8 Å². The lowest BCUT2D eigenvalue weighted by atomic mass is 9.98. The Bertz CT molecular complexity index is 544. The summed E-state index contributed by atoms with van der Waals surface area (Å²) in [7, 11) is 0. The minimum Gasteiger partial charge on any atom is -0.368 e. The van der Waals surface area contributed by atoms with Crippen LogP contribution >= 0.6 is 0 Å². The van der Waals surface area contributed by atoms with E-state index in [0.717, 1.165) is 12.5 Å². The van der Waals surface area contributed by atoms with Crippen LogP contribution < -0.4 is 5.73 Å². The Morgan fingerprint density at radius 3 is 2.53 bits per heavy atom. The zero-order valence-corrected chi connectivity index (χ0v) is 9.50. The summed E-state index contributed by atoms with van der Waals surface area (Å²) in [6, 6.07) is 6.11. The highest BCUT2D eigenvalue weighted by Crippen LogP contribution is 2.36. The second-order valence-electron chi connectivity index (χ2n) is 4.05. The van der Waals surface area contributed by atoms with Gasteiger partial charge in [-0.3, -0.25) is 0 Å². The lowest BCUT2D eigenvalue weighted by Crippen LogP contribution is -2.09. The number of anilines is 1. The van der Waals surface area contributed by atoms with E-state index in [-0.39, 0.29) is 11.4 Å². The van der Waals surface area contributed by atoms with Crippen molar-refractivity contribution in [3.8, 4) is 11.3 Å². The Labute approximate surface area is 97.2 Å². The number of halogens is 2. The normalized spacial score (nSPS) is 11.8. The number of rotatable bonds is 2. The Balaban J connectivity index is 2.63. The summed E-state index contributed by atoms with van der Waals surface area (Å²) in [5.74, 6) is -2.83. The molecule has 0 atom stereocenters. The minimum atomic E-state index is -2.93. The minimum absolute atomic E-state index is 0.0867. The van der Waals surface area contributed by atoms with Crippen molar-refractivity contribution in [3.05, 3.63) is 35.4 Å². The molecule has 1 aromatic heterocycles. The monoisotopic (exact) mass is 238 g/mol. The van der Waals surface area contributed by atoms with E-state index in [1.54, 1.807) is 12.1 Å². The molecule has 0 aliphatic carbocycles. The van der Waals surface area contributed by atoms with Gasteiger partial charge in [0.25, 0.3) is 5.92 Å². The summed E-state index contributed by atoms with van der Waals surface area (Å²) >= 11 is 0. The molecular formula is C12H12F2N2O. The number of hydrogen-bond acceptors (Lipinski definition) is 3. The fourth-order valence-corrected chi connectivity index (χ4v) is 1.67. The van der Waals surface area contributed by atoms with Crippen LogP contribution in [0.15, 0.2) is 28.8 Å². The zero-order valence-electron chi connectivity index (χ0n) is 9.50. The highest BCUT2D eigenvalue weighted by Gasteiger charge is 2.28. The fraction of sp³-hybridized carbons (Fsp3) is 0.250. The number of nitrogens with two attached hydrogens (primary N) is 1. The van der Waals surface area contributed by atoms with Gasteiger partial charge >= 0.3 is 0 Å². The molecule has 0 aliphatic rings. The summed E-state index contributed by atoms with van der Waals surface area (Å²) in [5, 5.41) is 3.67. The number of nitrogen functional groups attached to an aromatic ring is 1. The van der Waals surface area contributed by atoms with E-state index in [1.165, 1.54) is 12.1 Å². The van der Waals surface area contributed by atoms with Gasteiger partial charge in [0.2, 0.25) is 5.88 Å². The first-order valence-electron chi connectivity index (χ1n) is 5.09. The van der Waals surface area contributed by atoms with Crippen LogP contribution in [0.25, 0.3) is 11.3 Å². The Kier molecular flexibility index (Phi) is 2.61. The van der Waals surface area contributed by atoms with Crippen molar-refractivity contribution in [2.75, 3.05) is 5.73 Å². The molecule has 17 heavy (non-hydrogen) atoms. The highest BCUT2D eigenvalue weighted by molar-refractivity contribution is 5.67. The van der Waals surface area contributed by atoms with Crippen LogP contribution in [0.5, 0.6) is 0 Å². The second-order valence-corrected chi connectivity index (χ2v) is 4.05. The number of alkyl halides is 2. The Morgan fingerprint density at radius 1 is 1.29 bits per heavy atom. The van der Waals surface area contributed by atoms with Gasteiger partial charge in [0.15, 0.2) is 0 Å². The molecule has 5 heteroatoms. The molecule has 0 unspecified atom stereocenters. The van der Waals surface area contributed by atoms with E-state index in [0.29, 0.717) is 11.3 Å². The van der Waals surface area contributed by atoms with Gasteiger partial charge < -0.3 is 10.3 Å². The largest absolute Gasteiger partial charge is 0.368 e. The standard InChI is InChI=1S/C12H12F2N2O/c1-7-3-4-9(12(2,13)14)8(5-7)10-6-11(15)17-16-10/h3-6H,15H2,1-2H3. The number of benzene rings is 1. The van der Waals surface area contributed by atoms with Crippen molar-refractivity contribution in [1.29, 1.82) is 0 Å². The van der Waals surface area contributed by atoms with E-state index in [4.69, 9.17) is 10.3 Å². The maximum absolute atomic E-state index is 13.4. The summed E-state index contributed by atoms with van der Waals surface area (Å²) < 4.78 is 31.6. The van der Waals surface area contributed by atoms with E-state index in [1.807, 2.05) is 6.92 Å². The van der Waals surface area contributed by atoms with Gasteiger partial charge in [-0.05, 0) is 13.0 Å². The lowest BCUT2D eigenvalue weighted by molar-refractivity contribution is 0.0180. The predicted molar refractivity (Wildman–Crippen MR) is 60.7 cm³/mol. The highest BCUT2D eigenvalue weighted by atomic mass is 19.3. The molecule has 1 aromatic carbocycles. The summed E-state index contributed by atoms with van der Waals surface area (Å²) in [4.78, 5) is 0. The quantitative estimate of drug-likeness (QED) is 0.872. The molecule has 1 heterocycles. The predicted octanol–water partition coefficient (Wildman–Crippen LogP) is 3.34. The van der Waals surface area contributed by atoms with Gasteiger partial charge in [0.1, 0.15) is 5.69 Å². The number of aryl methyl sites for hydroxylation is 1. The molecule has 0 spiro atoms. The second kappa shape index (κ2) is 3.84. The summed E-state index contributed by atoms with van der Waals surface area (Å²) in [6.07, 6.45) is 0. The molecule has 0 aliphatic heterocycles. The molecule has 3 nitrogen and oxygen atoms in total. The van der Waals surface area contributed by atoms with Gasteiger partial charge in [-0.15, -0.1) is 0 Å². The Morgan fingerprint density at radius 2 is 2.00 bits per heavy atom. The molecule has 0 saturated carbocycles. The maximum Gasteiger partial charge on any atom is 0.271 e. The number of nitrogens with zero attached hydrogens (tertiary/aromatic N) is 1. The van der Waals surface area contributed by atoms with Gasteiger partial charge in [-0.2, -0.15) is 0 Å². The molecule has 0 fully saturated rings. The van der Waals surface area contributed by atoms with Crippen molar-refractivity contribution in [2.24, 2.45) is 0 Å². The molecule has 0 saturated heterocycles. The number of aromatic nitrogens is 1. The van der Waals surface area contributed by atoms with Crippen molar-refractivity contribution >= 4 is 5.88 Å². The third-order valence-corrected chi connectivity index (χ3v) is 2.45. The third-order valence-electron chi connectivity index (χ3n) is 2.45. The summed E-state index contributed by atoms with van der Waals surface area (Å²) in [5.41, 5.74) is 6.85. The van der Waals surface area contributed by atoms with Gasteiger partial charge in [-0.25, -0.2) is 8.78 Å². The Hall–Kier alpha value is -1.91. The van der Waals surface area contributed by atoms with Crippen LogP contribution in [0.4, 0.5) is 14.7 Å². The lowest BCUT2D eigenvalue weighted by Gasteiger charge is -2.14. The van der Waals surface area contributed by atoms with E-state index in [2.05, 4.69) is 5.16 Å². The molecule has 2 aromatic rings. The van der Waals surface area contributed by atoms with Crippen LogP contribution in [-0.4, -0.2) is 5.16 Å². The van der Waals surface area contributed by atoms with E-state index >= 15 is 0 Å². The number of hydrogen-bond donors (Lipinski definition) is 1. The van der Waals surface area contributed by atoms with Crippen molar-refractivity contribution < 1.29 is 13.3 Å². The van der Waals surface area contributed by atoms with Crippen LogP contribution in [-0.2, 0) is 5.92 Å². The molecule has 90 valence electrons. The molecule has 0 amide bonds. The molecule has 0 bridgehead atoms. The van der Waals surface area contributed by atoms with Crippen LogP contribution in [0, 0.1) is 6.92 Å². The van der Waals surface area contributed by atoms with E-state index < -0.39 is 5.92 Å². The molecule has 0 radical (unpaired) electrons. The van der Waals surface area contributed by atoms with Crippen LogP contribution in [0.1, 0.15) is 18.1 Å². The van der Waals surface area contributed by atoms with Crippen molar-refractivity contribution in [3.63, 3.8) is 0 Å². The SMILES string of the molecule is Cc1ccc(C(C)(F)F)c(-c2cc(N)on2)c1. The third kappa shape index (κ3) is 2.27. The first-order valence-corrected chi connectivity index (χ1v) is 5.09. The molecular weight excluding hydrogens is 226 g/mol. The van der Waals surface area contributed by atoms with Gasteiger partial charge in [0.05, 0.1) is 0 Å². The van der Waals surface area contributed by atoms with Gasteiger partial charge in [0, 0.05) is 24.1 Å². The fourth-order valence-electron chi connectivity index (χ4n) is 1.67. The average Bonchev–Trinajstić information content (AvgIpc) is 2.62. The topological polar surface area (TPSA) is 52.0 Å². The average molecular weight is 238 g/mol. The summed E-state index contributed by atoms with van der Waals surface area (Å²) in [6.45, 7) is 2.68. The van der Waals surface area contributed by atoms with Gasteiger partial charge in [-0.1, -0.05) is 22.9 Å². The smallest absolute Gasteiger partial charge is 0.271 e. The molecule has 2 rings (SSSR count). The van der Waals surface area contributed by atoms with Crippen LogP contribution in [0.3, 0.4) is 0 Å². The molecule has 2 N–H and O–H groups in total. The first-order chi connectivity index (χ1) is 7.88.